The molecule has 2 rings (SSSR count). The molecule has 2 aromatic rings. The van der Waals surface area contributed by atoms with Crippen LogP contribution < -0.4 is 10.1 Å². The first-order valence-corrected chi connectivity index (χ1v) is 7.63. The molecule has 3 nitrogen and oxygen atoms in total. The predicted molar refractivity (Wildman–Crippen MR) is 89.7 cm³/mol. The standard InChI is InChI=1S/C17H17Cl2NO2/c1-11(13-5-3-4-6-16(13)22-2)20-17(21)10-12-7-8-14(18)15(19)9-12/h3-9,11H,10H2,1-2H3,(H,20,21)/t11-/m1/s1. The van der Waals surface area contributed by atoms with Crippen LogP contribution in [0.4, 0.5) is 0 Å². The second-order valence-electron chi connectivity index (χ2n) is 4.96. The molecule has 0 saturated carbocycles. The molecular weight excluding hydrogens is 321 g/mol. The van der Waals surface area contributed by atoms with E-state index in [-0.39, 0.29) is 18.4 Å². The van der Waals surface area contributed by atoms with Crippen molar-refractivity contribution in [1.82, 2.24) is 5.32 Å². The molecule has 5 heteroatoms. The predicted octanol–water partition coefficient (Wildman–Crippen LogP) is 4.42. The van der Waals surface area contributed by atoms with Gasteiger partial charge < -0.3 is 10.1 Å². The van der Waals surface area contributed by atoms with Gasteiger partial charge in [-0.15, -0.1) is 0 Å². The highest BCUT2D eigenvalue weighted by molar-refractivity contribution is 6.42. The third kappa shape index (κ3) is 4.15. The first-order valence-electron chi connectivity index (χ1n) is 6.87. The Kier molecular flexibility index (Phi) is 5.69. The van der Waals surface area contributed by atoms with E-state index in [4.69, 9.17) is 27.9 Å². The Morgan fingerprint density at radius 1 is 1.18 bits per heavy atom. The lowest BCUT2D eigenvalue weighted by Gasteiger charge is -2.17. The molecule has 0 radical (unpaired) electrons. The largest absolute Gasteiger partial charge is 0.496 e. The van der Waals surface area contributed by atoms with Crippen molar-refractivity contribution in [3.63, 3.8) is 0 Å². The van der Waals surface area contributed by atoms with Crippen molar-refractivity contribution in [2.45, 2.75) is 19.4 Å². The normalized spacial score (nSPS) is 11.8. The minimum Gasteiger partial charge on any atom is -0.496 e. The van der Waals surface area contributed by atoms with Gasteiger partial charge in [0.15, 0.2) is 0 Å². The zero-order valence-electron chi connectivity index (χ0n) is 12.4. The second-order valence-corrected chi connectivity index (χ2v) is 5.77. The Labute approximate surface area is 140 Å². The number of carbonyl (C=O) groups is 1. The lowest BCUT2D eigenvalue weighted by atomic mass is 10.1. The number of ether oxygens (including phenoxy) is 1. The van der Waals surface area contributed by atoms with Gasteiger partial charge in [-0.2, -0.15) is 0 Å². The molecule has 0 heterocycles. The molecule has 116 valence electrons. The zero-order chi connectivity index (χ0) is 16.1. The van der Waals surface area contributed by atoms with Crippen molar-refractivity contribution < 1.29 is 9.53 Å². The Morgan fingerprint density at radius 3 is 2.59 bits per heavy atom. The van der Waals surface area contributed by atoms with E-state index in [0.717, 1.165) is 16.9 Å². The Morgan fingerprint density at radius 2 is 1.91 bits per heavy atom. The summed E-state index contributed by atoms with van der Waals surface area (Å²) in [5.41, 5.74) is 1.76. The lowest BCUT2D eigenvalue weighted by Crippen LogP contribution is -2.28. The van der Waals surface area contributed by atoms with Gasteiger partial charge >= 0.3 is 0 Å². The number of rotatable bonds is 5. The number of halogens is 2. The summed E-state index contributed by atoms with van der Waals surface area (Å²) in [6.45, 7) is 1.92. The lowest BCUT2D eigenvalue weighted by molar-refractivity contribution is -0.121. The van der Waals surface area contributed by atoms with Crippen LogP contribution in [0.3, 0.4) is 0 Å². The van der Waals surface area contributed by atoms with E-state index in [2.05, 4.69) is 5.32 Å². The van der Waals surface area contributed by atoms with Gasteiger partial charge in [0.2, 0.25) is 5.91 Å². The number of amides is 1. The van der Waals surface area contributed by atoms with E-state index >= 15 is 0 Å². The highest BCUT2D eigenvalue weighted by atomic mass is 35.5. The van der Waals surface area contributed by atoms with Crippen molar-refractivity contribution in [2.24, 2.45) is 0 Å². The van der Waals surface area contributed by atoms with E-state index in [1.165, 1.54) is 0 Å². The highest BCUT2D eigenvalue weighted by Crippen LogP contribution is 2.25. The number of carbonyl (C=O) groups excluding carboxylic acids is 1. The molecule has 0 aliphatic rings. The Bertz CT molecular complexity index is 673. The van der Waals surface area contributed by atoms with Gasteiger partial charge in [-0.1, -0.05) is 47.5 Å². The molecule has 0 spiro atoms. The van der Waals surface area contributed by atoms with Crippen molar-refractivity contribution in [3.8, 4) is 5.75 Å². The molecule has 1 atom stereocenters. The topological polar surface area (TPSA) is 38.3 Å². The maximum atomic E-state index is 12.2. The second kappa shape index (κ2) is 7.52. The molecule has 0 fully saturated rings. The van der Waals surface area contributed by atoms with Crippen LogP contribution in [0, 0.1) is 0 Å². The summed E-state index contributed by atoms with van der Waals surface area (Å²) in [6.07, 6.45) is 0.246. The molecule has 22 heavy (non-hydrogen) atoms. The maximum Gasteiger partial charge on any atom is 0.224 e. The summed E-state index contributed by atoms with van der Waals surface area (Å²) < 4.78 is 5.31. The van der Waals surface area contributed by atoms with Crippen LogP contribution in [0.15, 0.2) is 42.5 Å². The minimum absolute atomic E-state index is 0.0863. The summed E-state index contributed by atoms with van der Waals surface area (Å²) in [4.78, 5) is 12.2. The van der Waals surface area contributed by atoms with Crippen molar-refractivity contribution in [3.05, 3.63) is 63.6 Å². The summed E-state index contributed by atoms with van der Waals surface area (Å²) in [5, 5.41) is 3.89. The average Bonchev–Trinajstić information content (AvgIpc) is 2.50. The van der Waals surface area contributed by atoms with Crippen molar-refractivity contribution >= 4 is 29.1 Å². The molecular formula is C17H17Cl2NO2. The SMILES string of the molecule is COc1ccccc1[C@@H](C)NC(=O)Cc1ccc(Cl)c(Cl)c1. The number of hydrogen-bond acceptors (Lipinski definition) is 2. The summed E-state index contributed by atoms with van der Waals surface area (Å²) in [7, 11) is 1.61. The smallest absolute Gasteiger partial charge is 0.224 e. The molecule has 0 aliphatic carbocycles. The fourth-order valence-electron chi connectivity index (χ4n) is 2.23. The number of para-hydroxylation sites is 1. The van der Waals surface area contributed by atoms with E-state index in [1.54, 1.807) is 25.3 Å². The van der Waals surface area contributed by atoms with Gasteiger partial charge in [0.25, 0.3) is 0 Å². The molecule has 0 saturated heterocycles. The van der Waals surface area contributed by atoms with Crippen molar-refractivity contribution in [1.29, 1.82) is 0 Å². The minimum atomic E-state index is -0.147. The maximum absolute atomic E-state index is 12.2. The third-order valence-corrected chi connectivity index (χ3v) is 4.07. The fraction of sp³-hybridized carbons (Fsp3) is 0.235. The number of hydrogen-bond donors (Lipinski definition) is 1. The van der Waals surface area contributed by atoms with Crippen LogP contribution in [0.25, 0.3) is 0 Å². The number of nitrogens with one attached hydrogen (secondary N) is 1. The number of benzene rings is 2. The van der Waals surface area contributed by atoms with E-state index in [9.17, 15) is 4.79 Å². The first kappa shape index (κ1) is 16.7. The van der Waals surface area contributed by atoms with Gasteiger partial charge in [-0.25, -0.2) is 0 Å². The van der Waals surface area contributed by atoms with Crippen LogP contribution in [0.1, 0.15) is 24.1 Å². The monoisotopic (exact) mass is 337 g/mol. The molecule has 1 amide bonds. The van der Waals surface area contributed by atoms with Crippen LogP contribution in [-0.2, 0) is 11.2 Å². The quantitative estimate of drug-likeness (QED) is 0.876. The van der Waals surface area contributed by atoms with Crippen LogP contribution in [0.5, 0.6) is 5.75 Å². The van der Waals surface area contributed by atoms with Gasteiger partial charge in [0.05, 0.1) is 29.6 Å². The molecule has 0 bridgehead atoms. The third-order valence-electron chi connectivity index (χ3n) is 3.33. The van der Waals surface area contributed by atoms with Crippen LogP contribution >= 0.6 is 23.2 Å². The molecule has 2 aromatic carbocycles. The van der Waals surface area contributed by atoms with Gasteiger partial charge in [-0.3, -0.25) is 4.79 Å². The van der Waals surface area contributed by atoms with Crippen LogP contribution in [0.2, 0.25) is 10.0 Å². The summed E-state index contributed by atoms with van der Waals surface area (Å²) in [6, 6.07) is 12.7. The van der Waals surface area contributed by atoms with Crippen molar-refractivity contribution in [2.75, 3.05) is 7.11 Å². The average molecular weight is 338 g/mol. The first-order chi connectivity index (χ1) is 10.5. The van der Waals surface area contributed by atoms with E-state index in [0.29, 0.717) is 10.0 Å². The number of methoxy groups -OCH3 is 1. The molecule has 0 aliphatic heterocycles. The van der Waals surface area contributed by atoms with Gasteiger partial charge in [0, 0.05) is 5.56 Å². The summed E-state index contributed by atoms with van der Waals surface area (Å²) in [5.74, 6) is 0.668. The molecule has 0 unspecified atom stereocenters. The highest BCUT2D eigenvalue weighted by Gasteiger charge is 2.14. The van der Waals surface area contributed by atoms with Gasteiger partial charge in [-0.05, 0) is 30.7 Å². The van der Waals surface area contributed by atoms with E-state index in [1.807, 2.05) is 31.2 Å². The van der Waals surface area contributed by atoms with Crippen LogP contribution in [-0.4, -0.2) is 13.0 Å². The molecule has 0 aromatic heterocycles. The Balaban J connectivity index is 2.03. The fourth-order valence-corrected chi connectivity index (χ4v) is 2.55. The van der Waals surface area contributed by atoms with E-state index < -0.39 is 0 Å². The van der Waals surface area contributed by atoms with Gasteiger partial charge in [0.1, 0.15) is 5.75 Å². The Hall–Kier alpha value is -1.71. The molecule has 1 N–H and O–H groups in total. The zero-order valence-corrected chi connectivity index (χ0v) is 13.9. The summed E-state index contributed by atoms with van der Waals surface area (Å²) >= 11 is 11.8.